The minimum Gasteiger partial charge on any atom is -0.247 e. The van der Waals surface area contributed by atoms with Crippen LogP contribution in [0.1, 0.15) is 52.7 Å². The molecule has 0 radical (unpaired) electrons. The first-order valence-corrected chi connectivity index (χ1v) is 11.7. The van der Waals surface area contributed by atoms with Gasteiger partial charge in [-0.2, -0.15) is 0 Å². The van der Waals surface area contributed by atoms with Gasteiger partial charge < -0.3 is 0 Å². The van der Waals surface area contributed by atoms with E-state index in [1.54, 1.807) is 9.13 Å². The maximum Gasteiger partial charge on any atom is 0.340 e. The number of nitrogens with zero attached hydrogens (tertiary/aromatic N) is 4. The maximum absolute atomic E-state index is 13.3. The van der Waals surface area contributed by atoms with Crippen molar-refractivity contribution < 1.29 is 0 Å². The summed E-state index contributed by atoms with van der Waals surface area (Å²) in [5, 5.41) is 0. The summed E-state index contributed by atoms with van der Waals surface area (Å²) in [5.74, 6) is 1.10. The van der Waals surface area contributed by atoms with Gasteiger partial charge in [0.1, 0.15) is 0 Å². The number of hydrogen-bond donors (Lipinski definition) is 0. The Morgan fingerprint density at radius 3 is 1.24 bits per heavy atom. The highest BCUT2D eigenvalue weighted by Gasteiger charge is 2.32. The molecule has 0 aliphatic carbocycles. The Hall–Kier alpha value is -3.73. The maximum atomic E-state index is 13.3. The van der Waals surface area contributed by atoms with Crippen LogP contribution in [-0.4, -0.2) is 20.8 Å². The zero-order valence-electron chi connectivity index (χ0n) is 20.6. The van der Waals surface area contributed by atoms with Gasteiger partial charge in [-0.3, -0.25) is 0 Å². The van der Waals surface area contributed by atoms with Crippen molar-refractivity contribution in [2.45, 2.75) is 52.4 Å². The highest BCUT2D eigenvalue weighted by molar-refractivity contribution is 6.47. The summed E-state index contributed by atoms with van der Waals surface area (Å²) in [6.07, 6.45) is 0. The molecule has 3 aromatic carbocycles. The molecular weight excluding hydrogens is 420 g/mol. The molecule has 5 nitrogen and oxygen atoms in total. The SMILES string of the molecule is CC(C)(C)c1ccc(N=C2C(=Nc3ccc(C(C)(C)C)cc3)n3c(=O)n2c2ccccc23)cc1. The fourth-order valence-corrected chi connectivity index (χ4v) is 4.27. The Kier molecular flexibility index (Phi) is 4.97. The van der Waals surface area contributed by atoms with Crippen LogP contribution in [0.4, 0.5) is 11.4 Å². The molecule has 0 atom stereocenters. The Bertz CT molecular complexity index is 1390. The van der Waals surface area contributed by atoms with E-state index in [0.29, 0.717) is 11.7 Å². The molecule has 34 heavy (non-hydrogen) atoms. The fourth-order valence-electron chi connectivity index (χ4n) is 4.27. The second-order valence-electron chi connectivity index (χ2n) is 10.9. The summed E-state index contributed by atoms with van der Waals surface area (Å²) in [6.45, 7) is 13.1. The molecular formula is C29H30N4O. The molecule has 0 N–H and O–H groups in total. The molecule has 0 saturated carbocycles. The van der Waals surface area contributed by atoms with Crippen molar-refractivity contribution in [3.8, 4) is 0 Å². The number of benzene rings is 3. The van der Waals surface area contributed by atoms with E-state index >= 15 is 0 Å². The molecule has 1 aromatic heterocycles. The van der Waals surface area contributed by atoms with Crippen LogP contribution in [-0.2, 0) is 10.8 Å². The third kappa shape index (κ3) is 3.71. The van der Waals surface area contributed by atoms with Gasteiger partial charge in [0.2, 0.25) is 0 Å². The molecule has 5 rings (SSSR count). The number of fused-ring (bicyclic) bond motifs is 5. The Morgan fingerprint density at radius 2 is 0.912 bits per heavy atom. The topological polar surface area (TPSA) is 51.6 Å². The second-order valence-corrected chi connectivity index (χ2v) is 10.9. The lowest BCUT2D eigenvalue weighted by Gasteiger charge is -2.19. The predicted molar refractivity (Wildman–Crippen MR) is 141 cm³/mol. The average Bonchev–Trinajstić information content (AvgIpc) is 3.21. The summed E-state index contributed by atoms with van der Waals surface area (Å²) in [5.41, 5.74) is 5.71. The molecule has 0 saturated heterocycles. The fraction of sp³-hybridized carbons (Fsp3) is 0.276. The standard InChI is InChI=1S/C29H30N4O/c1-28(2,3)19-11-15-21(16-12-19)30-25-26(31-22-17-13-20(14-18-22)29(4,5)6)33-24-10-8-7-9-23(24)32(25)27(33)34/h7-18H,1-6H3. The van der Waals surface area contributed by atoms with E-state index in [1.165, 1.54) is 11.1 Å². The van der Waals surface area contributed by atoms with Gasteiger partial charge >= 0.3 is 5.69 Å². The molecule has 0 fully saturated rings. The number of rotatable bonds is 2. The largest absolute Gasteiger partial charge is 0.340 e. The van der Waals surface area contributed by atoms with Crippen molar-refractivity contribution in [3.05, 3.63) is 94.4 Å². The Labute approximate surface area is 200 Å². The van der Waals surface area contributed by atoms with Gasteiger partial charge in [0.15, 0.2) is 11.7 Å². The van der Waals surface area contributed by atoms with Crippen LogP contribution in [0.25, 0.3) is 11.0 Å². The van der Waals surface area contributed by atoms with Crippen molar-refractivity contribution in [1.82, 2.24) is 9.13 Å². The number of aliphatic imine (C=N–C) groups is 2. The number of aromatic nitrogens is 2. The van der Waals surface area contributed by atoms with Gasteiger partial charge in [-0.05, 0) is 58.4 Å². The van der Waals surface area contributed by atoms with E-state index < -0.39 is 0 Å². The van der Waals surface area contributed by atoms with Crippen LogP contribution in [0.15, 0.2) is 87.6 Å². The lowest BCUT2D eigenvalue weighted by atomic mass is 9.87. The van der Waals surface area contributed by atoms with Gasteiger partial charge in [-0.15, -0.1) is 0 Å². The molecule has 1 aliphatic heterocycles. The molecule has 0 spiro atoms. The van der Waals surface area contributed by atoms with Crippen molar-refractivity contribution in [2.75, 3.05) is 0 Å². The third-order valence-electron chi connectivity index (χ3n) is 6.31. The quantitative estimate of drug-likeness (QED) is 0.341. The van der Waals surface area contributed by atoms with Gasteiger partial charge in [-0.25, -0.2) is 23.9 Å². The predicted octanol–water partition coefficient (Wildman–Crippen LogP) is 6.57. The average molecular weight is 451 g/mol. The van der Waals surface area contributed by atoms with Crippen molar-refractivity contribution >= 4 is 34.1 Å². The molecule has 0 unspecified atom stereocenters. The summed E-state index contributed by atoms with van der Waals surface area (Å²) < 4.78 is 3.32. The summed E-state index contributed by atoms with van der Waals surface area (Å²) in [7, 11) is 0. The van der Waals surface area contributed by atoms with Gasteiger partial charge in [0.05, 0.1) is 22.4 Å². The molecule has 172 valence electrons. The monoisotopic (exact) mass is 450 g/mol. The van der Waals surface area contributed by atoms with E-state index in [1.807, 2.05) is 48.5 Å². The van der Waals surface area contributed by atoms with E-state index in [0.717, 1.165) is 22.4 Å². The number of imidazole rings is 1. The summed E-state index contributed by atoms with van der Waals surface area (Å²) >= 11 is 0. The molecule has 1 aliphatic rings. The van der Waals surface area contributed by atoms with Crippen molar-refractivity contribution in [2.24, 2.45) is 9.98 Å². The second kappa shape index (κ2) is 7.66. The zero-order valence-corrected chi connectivity index (χ0v) is 20.6. The highest BCUT2D eigenvalue weighted by atomic mass is 16.2. The lowest BCUT2D eigenvalue weighted by molar-refractivity contribution is 0.590. The molecule has 2 bridgehead atoms. The van der Waals surface area contributed by atoms with Gasteiger partial charge in [-0.1, -0.05) is 77.9 Å². The molecule has 5 heteroatoms. The molecule has 0 amide bonds. The van der Waals surface area contributed by atoms with Crippen LogP contribution in [0, 0.1) is 0 Å². The van der Waals surface area contributed by atoms with E-state index in [-0.39, 0.29) is 16.5 Å². The Morgan fingerprint density at radius 1 is 0.559 bits per heavy atom. The van der Waals surface area contributed by atoms with Crippen LogP contribution in [0.2, 0.25) is 0 Å². The molecule has 4 aromatic rings. The van der Waals surface area contributed by atoms with E-state index in [4.69, 9.17) is 9.98 Å². The van der Waals surface area contributed by atoms with Crippen LogP contribution < -0.4 is 5.69 Å². The van der Waals surface area contributed by atoms with E-state index in [9.17, 15) is 4.79 Å². The van der Waals surface area contributed by atoms with Crippen LogP contribution in [0.3, 0.4) is 0 Å². The number of para-hydroxylation sites is 2. The lowest BCUT2D eigenvalue weighted by Crippen LogP contribution is -2.24. The molecule has 2 heterocycles. The summed E-state index contributed by atoms with van der Waals surface area (Å²) in [6, 6.07) is 24.2. The normalized spacial score (nSPS) is 16.2. The van der Waals surface area contributed by atoms with Crippen LogP contribution in [0.5, 0.6) is 0 Å². The summed E-state index contributed by atoms with van der Waals surface area (Å²) in [4.78, 5) is 23.1. The van der Waals surface area contributed by atoms with Gasteiger partial charge in [0, 0.05) is 0 Å². The first-order chi connectivity index (χ1) is 16.0. The number of hydrogen-bond acceptors (Lipinski definition) is 3. The van der Waals surface area contributed by atoms with Crippen LogP contribution >= 0.6 is 0 Å². The highest BCUT2D eigenvalue weighted by Crippen LogP contribution is 2.28. The smallest absolute Gasteiger partial charge is 0.247 e. The third-order valence-corrected chi connectivity index (χ3v) is 6.31. The first-order valence-electron chi connectivity index (χ1n) is 11.7. The Balaban J connectivity index is 1.66. The van der Waals surface area contributed by atoms with Gasteiger partial charge in [0.25, 0.3) is 0 Å². The zero-order chi connectivity index (χ0) is 24.3. The van der Waals surface area contributed by atoms with Crippen molar-refractivity contribution in [3.63, 3.8) is 0 Å². The van der Waals surface area contributed by atoms with E-state index in [2.05, 4.69) is 65.8 Å². The minimum atomic E-state index is -0.142. The minimum absolute atomic E-state index is 0.0635. The first kappa shape index (κ1) is 22.1. The van der Waals surface area contributed by atoms with Crippen molar-refractivity contribution in [1.29, 1.82) is 0 Å².